The number of nitrogens with zero attached hydrogens (tertiary/aromatic N) is 4. The predicted octanol–water partition coefficient (Wildman–Crippen LogP) is 2.31. The molecule has 4 heteroatoms. The molecular weight excluding hydrogens is 188 g/mol. The van der Waals surface area contributed by atoms with Crippen molar-refractivity contribution >= 4 is 0 Å². The van der Waals surface area contributed by atoms with Crippen LogP contribution in [0.25, 0.3) is 5.82 Å². The maximum absolute atomic E-state index is 4.35. The number of pyridine rings is 1. The van der Waals surface area contributed by atoms with Gasteiger partial charge in [0.25, 0.3) is 0 Å². The third kappa shape index (κ3) is 2.62. The van der Waals surface area contributed by atoms with Crippen molar-refractivity contribution < 1.29 is 0 Å². The first-order valence-electron chi connectivity index (χ1n) is 5.08. The Bertz CT molecular complexity index is 407. The molecule has 0 saturated heterocycles. The van der Waals surface area contributed by atoms with Gasteiger partial charge in [0.1, 0.15) is 0 Å². The van der Waals surface area contributed by atoms with E-state index >= 15 is 0 Å². The molecule has 0 fully saturated rings. The maximum Gasteiger partial charge on any atom is 0.177 e. The molecular formula is C11H16N4. The molecule has 0 aliphatic rings. The van der Waals surface area contributed by atoms with E-state index < -0.39 is 0 Å². The summed E-state index contributed by atoms with van der Waals surface area (Å²) in [5.74, 6) is 0.796. The highest BCUT2D eigenvalue weighted by Gasteiger charge is 2.03. The van der Waals surface area contributed by atoms with Crippen LogP contribution in [0.15, 0.2) is 24.5 Å². The minimum Gasteiger partial charge on any atom is -0.232 e. The summed E-state index contributed by atoms with van der Waals surface area (Å²) in [7, 11) is 0. The van der Waals surface area contributed by atoms with Crippen LogP contribution >= 0.6 is 0 Å². The topological polar surface area (TPSA) is 43.6 Å². The summed E-state index contributed by atoms with van der Waals surface area (Å²) in [6.45, 7) is 7.94. The van der Waals surface area contributed by atoms with Crippen molar-refractivity contribution in [1.82, 2.24) is 20.0 Å². The van der Waals surface area contributed by atoms with Crippen molar-refractivity contribution in [2.24, 2.45) is 0 Å². The Kier molecular flexibility index (Phi) is 3.97. The molecule has 2 rings (SSSR count). The molecule has 2 aromatic heterocycles. The third-order valence-corrected chi connectivity index (χ3v) is 1.82. The van der Waals surface area contributed by atoms with Gasteiger partial charge in [-0.1, -0.05) is 19.9 Å². The van der Waals surface area contributed by atoms with Gasteiger partial charge in [0.15, 0.2) is 5.82 Å². The van der Waals surface area contributed by atoms with Gasteiger partial charge >= 0.3 is 0 Å². The first kappa shape index (κ1) is 11.4. The Hall–Kier alpha value is -1.71. The molecule has 0 N–H and O–H groups in total. The van der Waals surface area contributed by atoms with Gasteiger partial charge in [0, 0.05) is 5.69 Å². The lowest BCUT2D eigenvalue weighted by Gasteiger charge is -2.03. The monoisotopic (exact) mass is 204 g/mol. The van der Waals surface area contributed by atoms with Crippen LogP contribution in [0.1, 0.15) is 25.1 Å². The van der Waals surface area contributed by atoms with Crippen LogP contribution in [-0.2, 0) is 0 Å². The van der Waals surface area contributed by atoms with E-state index in [1.54, 1.807) is 12.4 Å². The van der Waals surface area contributed by atoms with E-state index in [0.717, 1.165) is 17.1 Å². The van der Waals surface area contributed by atoms with E-state index in [-0.39, 0.29) is 0 Å². The zero-order chi connectivity index (χ0) is 11.3. The molecule has 2 heterocycles. The van der Waals surface area contributed by atoms with E-state index in [4.69, 9.17) is 0 Å². The van der Waals surface area contributed by atoms with Crippen molar-refractivity contribution in [3.63, 3.8) is 0 Å². The minimum atomic E-state index is 0.796. The van der Waals surface area contributed by atoms with E-state index in [0.29, 0.717) is 0 Å². The summed E-state index contributed by atoms with van der Waals surface area (Å²) in [5, 5.41) is 8.06. The second-order valence-corrected chi connectivity index (χ2v) is 2.91. The van der Waals surface area contributed by atoms with Crippen LogP contribution < -0.4 is 0 Å². The quantitative estimate of drug-likeness (QED) is 0.716. The van der Waals surface area contributed by atoms with Crippen molar-refractivity contribution in [3.8, 4) is 5.82 Å². The van der Waals surface area contributed by atoms with Gasteiger partial charge in [0.05, 0.1) is 12.4 Å². The SMILES string of the molecule is CC.Cc1ccc(C)c(-n2nccn2)n1. The minimum absolute atomic E-state index is 0.796. The Morgan fingerprint density at radius 1 is 1.00 bits per heavy atom. The molecule has 4 nitrogen and oxygen atoms in total. The van der Waals surface area contributed by atoms with Crippen LogP contribution in [0.4, 0.5) is 0 Å². The zero-order valence-electron chi connectivity index (χ0n) is 9.60. The Labute approximate surface area is 90.0 Å². The van der Waals surface area contributed by atoms with Crippen LogP contribution in [-0.4, -0.2) is 20.0 Å². The lowest BCUT2D eigenvalue weighted by atomic mass is 10.2. The van der Waals surface area contributed by atoms with E-state index in [1.807, 2.05) is 39.8 Å². The zero-order valence-corrected chi connectivity index (χ0v) is 9.60. The highest BCUT2D eigenvalue weighted by atomic mass is 15.5. The lowest BCUT2D eigenvalue weighted by Crippen LogP contribution is -2.04. The molecule has 0 atom stereocenters. The average molecular weight is 204 g/mol. The van der Waals surface area contributed by atoms with Crippen molar-refractivity contribution in [3.05, 3.63) is 35.8 Å². The summed E-state index contributed by atoms with van der Waals surface area (Å²) in [4.78, 5) is 5.88. The summed E-state index contributed by atoms with van der Waals surface area (Å²) in [6, 6.07) is 3.99. The van der Waals surface area contributed by atoms with Gasteiger partial charge in [-0.2, -0.15) is 10.2 Å². The van der Waals surface area contributed by atoms with Crippen molar-refractivity contribution in [1.29, 1.82) is 0 Å². The third-order valence-electron chi connectivity index (χ3n) is 1.82. The summed E-state index contributed by atoms with van der Waals surface area (Å²) >= 11 is 0. The van der Waals surface area contributed by atoms with Gasteiger partial charge in [-0.25, -0.2) is 4.98 Å². The van der Waals surface area contributed by atoms with E-state index in [9.17, 15) is 0 Å². The van der Waals surface area contributed by atoms with Crippen LogP contribution in [0.5, 0.6) is 0 Å². The summed E-state index contributed by atoms with van der Waals surface area (Å²) < 4.78 is 0. The average Bonchev–Trinajstić information content (AvgIpc) is 2.78. The molecule has 0 aliphatic carbocycles. The number of hydrogen-bond donors (Lipinski definition) is 0. The fourth-order valence-electron chi connectivity index (χ4n) is 1.14. The van der Waals surface area contributed by atoms with E-state index in [2.05, 4.69) is 15.2 Å². The van der Waals surface area contributed by atoms with Gasteiger partial charge in [-0.05, 0) is 25.5 Å². The number of rotatable bonds is 1. The first-order valence-corrected chi connectivity index (χ1v) is 5.08. The number of hydrogen-bond acceptors (Lipinski definition) is 3. The molecule has 0 saturated carbocycles. The van der Waals surface area contributed by atoms with Crippen LogP contribution in [0.2, 0.25) is 0 Å². The second kappa shape index (κ2) is 5.24. The Balaban J connectivity index is 0.000000531. The molecule has 0 aromatic carbocycles. The largest absolute Gasteiger partial charge is 0.232 e. The smallest absolute Gasteiger partial charge is 0.177 e. The fraction of sp³-hybridized carbons (Fsp3) is 0.364. The molecule has 0 bridgehead atoms. The van der Waals surface area contributed by atoms with Gasteiger partial charge in [-0.15, -0.1) is 4.80 Å². The Morgan fingerprint density at radius 3 is 2.20 bits per heavy atom. The molecule has 15 heavy (non-hydrogen) atoms. The summed E-state index contributed by atoms with van der Waals surface area (Å²) in [6.07, 6.45) is 3.28. The normalized spacial score (nSPS) is 9.33. The highest BCUT2D eigenvalue weighted by molar-refractivity contribution is 5.31. The Morgan fingerprint density at radius 2 is 1.60 bits per heavy atom. The van der Waals surface area contributed by atoms with Crippen LogP contribution in [0.3, 0.4) is 0 Å². The van der Waals surface area contributed by atoms with Gasteiger partial charge in [-0.3, -0.25) is 0 Å². The lowest BCUT2D eigenvalue weighted by molar-refractivity contribution is 0.720. The molecule has 0 aliphatic heterocycles. The maximum atomic E-state index is 4.35. The molecule has 0 spiro atoms. The first-order chi connectivity index (χ1) is 7.27. The van der Waals surface area contributed by atoms with E-state index in [1.165, 1.54) is 4.80 Å². The second-order valence-electron chi connectivity index (χ2n) is 2.91. The van der Waals surface area contributed by atoms with Crippen molar-refractivity contribution in [2.45, 2.75) is 27.7 Å². The van der Waals surface area contributed by atoms with Crippen LogP contribution in [0, 0.1) is 13.8 Å². The molecule has 2 aromatic rings. The molecule has 0 amide bonds. The van der Waals surface area contributed by atoms with Crippen molar-refractivity contribution in [2.75, 3.05) is 0 Å². The predicted molar refractivity (Wildman–Crippen MR) is 60.0 cm³/mol. The van der Waals surface area contributed by atoms with Gasteiger partial charge < -0.3 is 0 Å². The standard InChI is InChI=1S/C9H10N4.C2H6/c1-7-3-4-8(2)12-9(7)13-10-5-6-11-13;1-2/h3-6H,1-2H3;1-2H3. The summed E-state index contributed by atoms with van der Waals surface area (Å²) in [5.41, 5.74) is 2.04. The number of aromatic nitrogens is 4. The molecule has 0 radical (unpaired) electrons. The fourth-order valence-corrected chi connectivity index (χ4v) is 1.14. The van der Waals surface area contributed by atoms with Gasteiger partial charge in [0.2, 0.25) is 0 Å². The number of aryl methyl sites for hydroxylation is 2. The molecule has 80 valence electrons. The molecule has 0 unspecified atom stereocenters. The highest BCUT2D eigenvalue weighted by Crippen LogP contribution is 2.08.